The second-order valence-electron chi connectivity index (χ2n) is 2.29. The first-order chi connectivity index (χ1) is 5.83. The highest BCUT2D eigenvalue weighted by Crippen LogP contribution is 1.90. The molecule has 12 heavy (non-hydrogen) atoms. The number of nitrogens with zero attached hydrogens (tertiary/aromatic N) is 1. The maximum atomic E-state index is 10.9. The van der Waals surface area contributed by atoms with Crippen LogP contribution in [0, 0.1) is 0 Å². The number of hydrogen-bond acceptors (Lipinski definition) is 2. The molecule has 0 saturated carbocycles. The molecule has 1 aromatic rings. The summed E-state index contributed by atoms with van der Waals surface area (Å²) in [4.78, 5) is 17.6. The molecule has 0 radical (unpaired) electrons. The number of nitrogens with one attached hydrogen (secondary N) is 2. The molecule has 0 fully saturated rings. The van der Waals surface area contributed by atoms with Crippen molar-refractivity contribution in [3.8, 4) is 0 Å². The van der Waals surface area contributed by atoms with Gasteiger partial charge in [-0.15, -0.1) is 11.6 Å². The van der Waals surface area contributed by atoms with Crippen molar-refractivity contribution >= 4 is 17.5 Å². The number of halogens is 1. The fourth-order valence-electron chi connectivity index (χ4n) is 0.749. The summed E-state index contributed by atoms with van der Waals surface area (Å²) in [5.41, 5.74) is 0.887. The maximum absolute atomic E-state index is 10.9. The molecule has 66 valence electrons. The summed E-state index contributed by atoms with van der Waals surface area (Å²) in [7, 11) is 0. The van der Waals surface area contributed by atoms with Crippen molar-refractivity contribution in [2.24, 2.45) is 0 Å². The standard InChI is InChI=1S/C7H10ClN3O/c8-2-1-7(12)10-4-6-3-9-5-11-6/h3,5H,1-2,4H2,(H,9,11)(H,10,12). The Morgan fingerprint density at radius 2 is 2.58 bits per heavy atom. The number of rotatable bonds is 4. The largest absolute Gasteiger partial charge is 0.350 e. The summed E-state index contributed by atoms with van der Waals surface area (Å²) in [5.74, 6) is 0.314. The first-order valence-electron chi connectivity index (χ1n) is 3.63. The van der Waals surface area contributed by atoms with E-state index in [0.717, 1.165) is 5.69 Å². The monoisotopic (exact) mass is 187 g/mol. The molecule has 0 aliphatic heterocycles. The van der Waals surface area contributed by atoms with Crippen LogP contribution in [0.3, 0.4) is 0 Å². The molecule has 1 rings (SSSR count). The first-order valence-corrected chi connectivity index (χ1v) is 4.16. The highest BCUT2D eigenvalue weighted by molar-refractivity contribution is 6.18. The summed E-state index contributed by atoms with van der Waals surface area (Å²) >= 11 is 5.38. The van der Waals surface area contributed by atoms with Crippen molar-refractivity contribution in [2.45, 2.75) is 13.0 Å². The minimum Gasteiger partial charge on any atom is -0.350 e. The van der Waals surface area contributed by atoms with Crippen molar-refractivity contribution in [3.63, 3.8) is 0 Å². The molecule has 4 nitrogen and oxygen atoms in total. The quantitative estimate of drug-likeness (QED) is 0.681. The van der Waals surface area contributed by atoms with E-state index < -0.39 is 0 Å². The molecule has 5 heteroatoms. The lowest BCUT2D eigenvalue weighted by Crippen LogP contribution is -2.22. The molecule has 0 aromatic carbocycles. The molecule has 0 unspecified atom stereocenters. The predicted molar refractivity (Wildman–Crippen MR) is 45.8 cm³/mol. The Morgan fingerprint density at radius 3 is 3.17 bits per heavy atom. The lowest BCUT2D eigenvalue weighted by molar-refractivity contribution is -0.120. The van der Waals surface area contributed by atoms with Gasteiger partial charge in [-0.05, 0) is 0 Å². The average Bonchev–Trinajstić information content (AvgIpc) is 2.53. The van der Waals surface area contributed by atoms with Gasteiger partial charge < -0.3 is 10.3 Å². The van der Waals surface area contributed by atoms with Crippen molar-refractivity contribution in [1.82, 2.24) is 15.3 Å². The number of alkyl halides is 1. The Morgan fingerprint density at radius 1 is 1.75 bits per heavy atom. The van der Waals surface area contributed by atoms with Crippen molar-refractivity contribution in [2.75, 3.05) is 5.88 Å². The molecule has 0 spiro atoms. The van der Waals surface area contributed by atoms with Gasteiger partial charge in [-0.1, -0.05) is 0 Å². The number of H-pyrrole nitrogens is 1. The maximum Gasteiger partial charge on any atom is 0.221 e. The number of imidazole rings is 1. The van der Waals surface area contributed by atoms with E-state index >= 15 is 0 Å². The van der Waals surface area contributed by atoms with Gasteiger partial charge >= 0.3 is 0 Å². The second-order valence-corrected chi connectivity index (χ2v) is 2.67. The van der Waals surface area contributed by atoms with Crippen LogP contribution in [0.4, 0.5) is 0 Å². The van der Waals surface area contributed by atoms with Crippen molar-refractivity contribution < 1.29 is 4.79 Å². The minimum absolute atomic E-state index is 0.0420. The smallest absolute Gasteiger partial charge is 0.221 e. The van der Waals surface area contributed by atoms with Gasteiger partial charge in [0.2, 0.25) is 5.91 Å². The molecule has 1 heterocycles. The Hall–Kier alpha value is -1.03. The molecule has 0 atom stereocenters. The average molecular weight is 188 g/mol. The molecular formula is C7H10ClN3O. The van der Waals surface area contributed by atoms with Gasteiger partial charge in [0.25, 0.3) is 0 Å². The normalized spacial score (nSPS) is 9.75. The zero-order chi connectivity index (χ0) is 8.81. The molecular weight excluding hydrogens is 178 g/mol. The molecule has 0 aliphatic carbocycles. The first kappa shape index (κ1) is 9.06. The fourth-order valence-corrected chi connectivity index (χ4v) is 0.921. The van der Waals surface area contributed by atoms with E-state index in [2.05, 4.69) is 15.3 Å². The molecule has 0 bridgehead atoms. The summed E-state index contributed by atoms with van der Waals surface area (Å²) < 4.78 is 0. The highest BCUT2D eigenvalue weighted by atomic mass is 35.5. The van der Waals surface area contributed by atoms with Crippen molar-refractivity contribution in [3.05, 3.63) is 18.2 Å². The Labute approximate surface area is 75.3 Å². The fraction of sp³-hybridized carbons (Fsp3) is 0.429. The third kappa shape index (κ3) is 2.92. The Balaban J connectivity index is 2.22. The highest BCUT2D eigenvalue weighted by Gasteiger charge is 1.99. The Bertz CT molecular complexity index is 235. The number of hydrogen-bond donors (Lipinski definition) is 2. The molecule has 0 saturated heterocycles. The zero-order valence-corrected chi connectivity index (χ0v) is 7.27. The van der Waals surface area contributed by atoms with Crippen molar-refractivity contribution in [1.29, 1.82) is 0 Å². The van der Waals surface area contributed by atoms with Gasteiger partial charge in [-0.3, -0.25) is 4.79 Å². The van der Waals surface area contributed by atoms with E-state index in [-0.39, 0.29) is 5.91 Å². The summed E-state index contributed by atoms with van der Waals surface area (Å²) in [6.45, 7) is 0.482. The topological polar surface area (TPSA) is 57.8 Å². The van der Waals surface area contributed by atoms with Crippen LogP contribution in [0.25, 0.3) is 0 Å². The van der Waals surface area contributed by atoms with Crippen LogP contribution in [0.5, 0.6) is 0 Å². The van der Waals surface area contributed by atoms with E-state index in [9.17, 15) is 4.79 Å². The van der Waals surface area contributed by atoms with Crippen LogP contribution in [0.15, 0.2) is 12.5 Å². The van der Waals surface area contributed by atoms with Crippen LogP contribution in [0.1, 0.15) is 12.1 Å². The summed E-state index contributed by atoms with van der Waals surface area (Å²) in [5, 5.41) is 2.69. The van der Waals surface area contributed by atoms with Gasteiger partial charge in [0.15, 0.2) is 0 Å². The summed E-state index contributed by atoms with van der Waals surface area (Å²) in [6, 6.07) is 0. The van der Waals surface area contributed by atoms with E-state index in [1.54, 1.807) is 12.5 Å². The van der Waals surface area contributed by atoms with Gasteiger partial charge in [-0.25, -0.2) is 4.98 Å². The van der Waals surface area contributed by atoms with E-state index in [4.69, 9.17) is 11.6 Å². The number of carbonyl (C=O) groups excluding carboxylic acids is 1. The molecule has 1 amide bonds. The molecule has 0 aliphatic rings. The van der Waals surface area contributed by atoms with Crippen LogP contribution in [-0.4, -0.2) is 21.8 Å². The number of aromatic nitrogens is 2. The lowest BCUT2D eigenvalue weighted by atomic mass is 10.4. The van der Waals surface area contributed by atoms with Gasteiger partial charge in [0.05, 0.1) is 18.6 Å². The van der Waals surface area contributed by atoms with Crippen LogP contribution >= 0.6 is 11.6 Å². The predicted octanol–water partition coefficient (Wildman–Crippen LogP) is 0.655. The third-order valence-corrected chi connectivity index (χ3v) is 1.54. The lowest BCUT2D eigenvalue weighted by Gasteiger charge is -2.00. The number of carbonyl (C=O) groups is 1. The number of amides is 1. The van der Waals surface area contributed by atoms with Gasteiger partial charge in [0, 0.05) is 18.5 Å². The van der Waals surface area contributed by atoms with Crippen LogP contribution in [0.2, 0.25) is 0 Å². The number of aromatic amines is 1. The van der Waals surface area contributed by atoms with Gasteiger partial charge in [0.1, 0.15) is 0 Å². The SMILES string of the molecule is O=C(CCCl)NCc1cnc[nH]1. The van der Waals surface area contributed by atoms with E-state index in [0.29, 0.717) is 18.8 Å². The van der Waals surface area contributed by atoms with Gasteiger partial charge in [-0.2, -0.15) is 0 Å². The van der Waals surface area contributed by atoms with E-state index in [1.165, 1.54) is 0 Å². The summed E-state index contributed by atoms with van der Waals surface area (Å²) in [6.07, 6.45) is 3.60. The molecule has 1 aromatic heterocycles. The zero-order valence-electron chi connectivity index (χ0n) is 6.51. The second kappa shape index (κ2) is 4.77. The third-order valence-electron chi connectivity index (χ3n) is 1.35. The van der Waals surface area contributed by atoms with Crippen LogP contribution in [-0.2, 0) is 11.3 Å². The Kier molecular flexibility index (Phi) is 3.60. The van der Waals surface area contributed by atoms with E-state index in [1.807, 2.05) is 0 Å². The minimum atomic E-state index is -0.0420. The van der Waals surface area contributed by atoms with Crippen LogP contribution < -0.4 is 5.32 Å². The molecule has 2 N–H and O–H groups in total.